The molecule has 1 aromatic rings. The second kappa shape index (κ2) is 7.58. The van der Waals surface area contributed by atoms with Gasteiger partial charge in [0.2, 0.25) is 5.91 Å². The maximum atomic E-state index is 12.8. The van der Waals surface area contributed by atoms with Crippen LogP contribution < -0.4 is 0 Å². The highest BCUT2D eigenvalue weighted by atomic mass is 16.2. The summed E-state index contributed by atoms with van der Waals surface area (Å²) in [6, 6.07) is 1.81. The molecule has 1 atom stereocenters. The molecular weight excluding hydrogens is 316 g/mol. The van der Waals surface area contributed by atoms with Gasteiger partial charge in [0.1, 0.15) is 5.69 Å². The van der Waals surface area contributed by atoms with E-state index in [4.69, 9.17) is 0 Å². The number of aryl methyl sites for hydroxylation is 1. The van der Waals surface area contributed by atoms with Crippen molar-refractivity contribution >= 4 is 11.8 Å². The number of unbranched alkanes of at least 4 members (excludes halogenated alkanes) is 1. The van der Waals surface area contributed by atoms with E-state index in [0.29, 0.717) is 12.1 Å². The van der Waals surface area contributed by atoms with Crippen LogP contribution in [0.15, 0.2) is 12.3 Å². The number of aromatic nitrogens is 2. The molecule has 6 heteroatoms. The van der Waals surface area contributed by atoms with Crippen LogP contribution in [-0.4, -0.2) is 57.6 Å². The number of carbonyl (C=O) groups excluding carboxylic acids is 2. The van der Waals surface area contributed by atoms with Crippen LogP contribution in [0.25, 0.3) is 0 Å². The van der Waals surface area contributed by atoms with E-state index in [9.17, 15) is 9.59 Å². The molecule has 3 heterocycles. The van der Waals surface area contributed by atoms with Gasteiger partial charge in [-0.1, -0.05) is 13.3 Å². The zero-order valence-electron chi connectivity index (χ0n) is 15.5. The van der Waals surface area contributed by atoms with Crippen molar-refractivity contribution in [3.05, 3.63) is 18.0 Å². The fourth-order valence-electron chi connectivity index (χ4n) is 4.18. The molecule has 0 N–H and O–H groups in total. The third kappa shape index (κ3) is 3.88. The molecule has 0 aliphatic carbocycles. The third-order valence-corrected chi connectivity index (χ3v) is 5.66. The Morgan fingerprint density at radius 3 is 2.84 bits per heavy atom. The Kier molecular flexibility index (Phi) is 5.45. The molecule has 0 bridgehead atoms. The summed E-state index contributed by atoms with van der Waals surface area (Å²) in [5.74, 6) is 0.312. The largest absolute Gasteiger partial charge is 0.342 e. The zero-order chi connectivity index (χ0) is 17.9. The number of hydrogen-bond acceptors (Lipinski definition) is 3. The minimum absolute atomic E-state index is 0.0308. The van der Waals surface area contributed by atoms with E-state index in [1.807, 2.05) is 29.0 Å². The van der Waals surface area contributed by atoms with Crippen LogP contribution in [0.2, 0.25) is 0 Å². The van der Waals surface area contributed by atoms with Gasteiger partial charge in [0.25, 0.3) is 5.91 Å². The van der Waals surface area contributed by atoms with Gasteiger partial charge in [-0.25, -0.2) is 0 Å². The summed E-state index contributed by atoms with van der Waals surface area (Å²) in [5.41, 5.74) is 0.608. The average molecular weight is 346 g/mol. The van der Waals surface area contributed by atoms with E-state index in [2.05, 4.69) is 12.0 Å². The van der Waals surface area contributed by atoms with Gasteiger partial charge < -0.3 is 9.80 Å². The number of piperidine rings is 2. The van der Waals surface area contributed by atoms with Gasteiger partial charge in [-0.3, -0.25) is 14.3 Å². The first-order valence-corrected chi connectivity index (χ1v) is 9.67. The molecule has 0 radical (unpaired) electrons. The van der Waals surface area contributed by atoms with Gasteiger partial charge in [-0.05, 0) is 38.7 Å². The van der Waals surface area contributed by atoms with Crippen LogP contribution in [0.4, 0.5) is 0 Å². The minimum atomic E-state index is 0.0308. The topological polar surface area (TPSA) is 58.4 Å². The SMILES string of the molecule is CCCCN1C[C@@]2(CCCN(C(=O)c3ccn(CC)n3)C2)CCC1=O. The number of nitrogens with zero attached hydrogens (tertiary/aromatic N) is 4. The molecule has 138 valence electrons. The number of amides is 2. The number of carbonyl (C=O) groups is 2. The summed E-state index contributed by atoms with van der Waals surface area (Å²) in [6.45, 7) is 8.14. The Bertz CT molecular complexity index is 627. The van der Waals surface area contributed by atoms with E-state index in [0.717, 1.165) is 64.8 Å². The van der Waals surface area contributed by atoms with Crippen LogP contribution in [0.5, 0.6) is 0 Å². The molecule has 0 saturated carbocycles. The molecule has 1 aromatic heterocycles. The second-order valence-electron chi connectivity index (χ2n) is 7.56. The smallest absolute Gasteiger partial charge is 0.274 e. The van der Waals surface area contributed by atoms with E-state index >= 15 is 0 Å². The molecule has 0 aromatic carbocycles. The van der Waals surface area contributed by atoms with Crippen LogP contribution in [0, 0.1) is 5.41 Å². The second-order valence-corrected chi connectivity index (χ2v) is 7.56. The molecule has 25 heavy (non-hydrogen) atoms. The highest BCUT2D eigenvalue weighted by Crippen LogP contribution is 2.39. The maximum absolute atomic E-state index is 12.8. The van der Waals surface area contributed by atoms with Crippen molar-refractivity contribution in [2.75, 3.05) is 26.2 Å². The highest BCUT2D eigenvalue weighted by molar-refractivity contribution is 5.92. The van der Waals surface area contributed by atoms with E-state index in [1.165, 1.54) is 0 Å². The molecular formula is C19H30N4O2. The Hall–Kier alpha value is -1.85. The Morgan fingerprint density at radius 1 is 1.28 bits per heavy atom. The number of hydrogen-bond donors (Lipinski definition) is 0. The maximum Gasteiger partial charge on any atom is 0.274 e. The Balaban J connectivity index is 1.69. The quantitative estimate of drug-likeness (QED) is 0.823. The first-order valence-electron chi connectivity index (χ1n) is 9.67. The van der Waals surface area contributed by atoms with Gasteiger partial charge in [0.15, 0.2) is 0 Å². The van der Waals surface area contributed by atoms with Crippen molar-refractivity contribution in [2.24, 2.45) is 5.41 Å². The first kappa shape index (κ1) is 18.0. The molecule has 6 nitrogen and oxygen atoms in total. The Labute approximate surface area is 150 Å². The molecule has 3 rings (SSSR count). The minimum Gasteiger partial charge on any atom is -0.342 e. The zero-order valence-corrected chi connectivity index (χ0v) is 15.5. The molecule has 2 fully saturated rings. The Morgan fingerprint density at radius 2 is 2.12 bits per heavy atom. The van der Waals surface area contributed by atoms with Crippen molar-refractivity contribution in [1.82, 2.24) is 19.6 Å². The van der Waals surface area contributed by atoms with Gasteiger partial charge in [-0.15, -0.1) is 0 Å². The number of rotatable bonds is 5. The van der Waals surface area contributed by atoms with Crippen LogP contribution in [-0.2, 0) is 11.3 Å². The lowest BCUT2D eigenvalue weighted by Crippen LogP contribution is -2.55. The lowest BCUT2D eigenvalue weighted by atomic mass is 9.73. The molecule has 2 amide bonds. The normalized spacial score (nSPS) is 24.2. The highest BCUT2D eigenvalue weighted by Gasteiger charge is 2.42. The van der Waals surface area contributed by atoms with E-state index in [1.54, 1.807) is 4.68 Å². The van der Waals surface area contributed by atoms with E-state index < -0.39 is 0 Å². The summed E-state index contributed by atoms with van der Waals surface area (Å²) >= 11 is 0. The molecule has 2 aliphatic heterocycles. The van der Waals surface area contributed by atoms with Crippen molar-refractivity contribution < 1.29 is 9.59 Å². The third-order valence-electron chi connectivity index (χ3n) is 5.66. The fourth-order valence-corrected chi connectivity index (χ4v) is 4.18. The molecule has 2 saturated heterocycles. The van der Waals surface area contributed by atoms with Crippen LogP contribution >= 0.6 is 0 Å². The summed E-state index contributed by atoms with van der Waals surface area (Å²) in [4.78, 5) is 29.1. The summed E-state index contributed by atoms with van der Waals surface area (Å²) in [5, 5.41) is 4.37. The summed E-state index contributed by atoms with van der Waals surface area (Å²) < 4.78 is 1.79. The van der Waals surface area contributed by atoms with Crippen molar-refractivity contribution in [2.45, 2.75) is 58.9 Å². The molecule has 1 spiro atoms. The van der Waals surface area contributed by atoms with Gasteiger partial charge in [0.05, 0.1) is 0 Å². The molecule has 0 unspecified atom stereocenters. The monoisotopic (exact) mass is 346 g/mol. The van der Waals surface area contributed by atoms with Crippen LogP contribution in [0.3, 0.4) is 0 Å². The van der Waals surface area contributed by atoms with Crippen LogP contribution in [0.1, 0.15) is 62.9 Å². The predicted molar refractivity (Wildman–Crippen MR) is 96.2 cm³/mol. The predicted octanol–water partition coefficient (Wildman–Crippen LogP) is 2.55. The summed E-state index contributed by atoms with van der Waals surface area (Å²) in [7, 11) is 0. The average Bonchev–Trinajstić information content (AvgIpc) is 3.11. The lowest BCUT2D eigenvalue weighted by Gasteiger charge is -2.48. The van der Waals surface area contributed by atoms with Crippen molar-refractivity contribution in [1.29, 1.82) is 0 Å². The van der Waals surface area contributed by atoms with E-state index in [-0.39, 0.29) is 17.2 Å². The van der Waals surface area contributed by atoms with Crippen molar-refractivity contribution in [3.8, 4) is 0 Å². The van der Waals surface area contributed by atoms with Gasteiger partial charge in [0, 0.05) is 50.8 Å². The van der Waals surface area contributed by atoms with Gasteiger partial charge in [-0.2, -0.15) is 5.10 Å². The lowest BCUT2D eigenvalue weighted by molar-refractivity contribution is -0.139. The number of likely N-dealkylation sites (tertiary alicyclic amines) is 2. The standard InChI is InChI=1S/C19H30N4O2/c1-3-5-11-21-14-19(10-7-17(21)24)9-6-12-22(15-19)18(25)16-8-13-23(4-2)20-16/h8,13H,3-7,9-12,14-15H2,1-2H3/t19-/m1/s1. The molecule has 2 aliphatic rings. The summed E-state index contributed by atoms with van der Waals surface area (Å²) in [6.07, 6.45) is 7.66. The first-order chi connectivity index (χ1) is 12.1. The van der Waals surface area contributed by atoms with Gasteiger partial charge >= 0.3 is 0 Å². The fraction of sp³-hybridized carbons (Fsp3) is 0.737. The van der Waals surface area contributed by atoms with Crippen molar-refractivity contribution in [3.63, 3.8) is 0 Å².